The number of hydrogen-bond acceptors (Lipinski definition) is 3. The number of aldehydes is 1. The van der Waals surface area contributed by atoms with Gasteiger partial charge in [-0.25, -0.2) is 0 Å². The van der Waals surface area contributed by atoms with Crippen molar-refractivity contribution in [3.8, 4) is 0 Å². The minimum absolute atomic E-state index is 0.106. The van der Waals surface area contributed by atoms with Gasteiger partial charge in [0.1, 0.15) is 5.69 Å². The van der Waals surface area contributed by atoms with E-state index in [4.69, 9.17) is 5.11 Å². The molecule has 4 nitrogen and oxygen atoms in total. The van der Waals surface area contributed by atoms with Gasteiger partial charge in [0.25, 0.3) is 0 Å². The normalized spacial score (nSPS) is 10.7. The van der Waals surface area contributed by atoms with Crippen LogP contribution in [-0.4, -0.2) is 27.8 Å². The van der Waals surface area contributed by atoms with E-state index >= 15 is 0 Å². The van der Waals surface area contributed by atoms with Crippen molar-refractivity contribution in [3.63, 3.8) is 0 Å². The highest BCUT2D eigenvalue weighted by molar-refractivity contribution is 5.95. The van der Waals surface area contributed by atoms with Gasteiger partial charge >= 0.3 is 0 Å². The first-order valence-electron chi connectivity index (χ1n) is 4.88. The monoisotopic (exact) mass is 204 g/mol. The van der Waals surface area contributed by atoms with Crippen molar-refractivity contribution in [3.05, 3.63) is 30.0 Å². The number of aromatic nitrogens is 2. The molecule has 0 aliphatic carbocycles. The summed E-state index contributed by atoms with van der Waals surface area (Å²) in [6.07, 6.45) is 1.42. The molecule has 0 saturated carbocycles. The molecule has 1 N–H and O–H groups in total. The van der Waals surface area contributed by atoms with Gasteiger partial charge in [-0.1, -0.05) is 18.2 Å². The molecule has 0 unspecified atom stereocenters. The fraction of sp³-hybridized carbons (Fsp3) is 0.273. The molecule has 0 bridgehead atoms. The Morgan fingerprint density at radius 3 is 2.93 bits per heavy atom. The van der Waals surface area contributed by atoms with Crippen LogP contribution in [0.25, 0.3) is 10.9 Å². The second-order valence-corrected chi connectivity index (χ2v) is 3.32. The Morgan fingerprint density at radius 1 is 1.40 bits per heavy atom. The zero-order chi connectivity index (χ0) is 10.7. The zero-order valence-electron chi connectivity index (χ0n) is 8.26. The number of aryl methyl sites for hydroxylation is 1. The van der Waals surface area contributed by atoms with Gasteiger partial charge in [0.15, 0.2) is 6.29 Å². The smallest absolute Gasteiger partial charge is 0.168 e. The van der Waals surface area contributed by atoms with E-state index in [1.165, 1.54) is 0 Å². The Labute approximate surface area is 87.1 Å². The highest BCUT2D eigenvalue weighted by Gasteiger charge is 2.08. The summed E-state index contributed by atoms with van der Waals surface area (Å²) in [5, 5.41) is 13.9. The molecule has 78 valence electrons. The highest BCUT2D eigenvalue weighted by Crippen LogP contribution is 2.16. The largest absolute Gasteiger partial charge is 0.396 e. The third kappa shape index (κ3) is 1.76. The zero-order valence-corrected chi connectivity index (χ0v) is 8.26. The molecule has 0 saturated heterocycles. The molecule has 0 radical (unpaired) electrons. The van der Waals surface area contributed by atoms with E-state index in [9.17, 15) is 4.79 Å². The minimum atomic E-state index is 0.106. The number of aliphatic hydroxyl groups excluding tert-OH is 1. The number of hydrogen-bond donors (Lipinski definition) is 1. The van der Waals surface area contributed by atoms with Crippen LogP contribution >= 0.6 is 0 Å². The minimum Gasteiger partial charge on any atom is -0.396 e. The van der Waals surface area contributed by atoms with Crippen LogP contribution in [0.4, 0.5) is 0 Å². The number of fused-ring (bicyclic) bond motifs is 1. The lowest BCUT2D eigenvalue weighted by molar-refractivity contribution is 0.111. The lowest BCUT2D eigenvalue weighted by atomic mass is 10.2. The summed E-state index contributed by atoms with van der Waals surface area (Å²) in [7, 11) is 0. The van der Waals surface area contributed by atoms with Crippen LogP contribution in [0.5, 0.6) is 0 Å². The molecule has 0 atom stereocenters. The van der Waals surface area contributed by atoms with Crippen molar-refractivity contribution in [2.45, 2.75) is 13.0 Å². The molecule has 1 aromatic heterocycles. The Hall–Kier alpha value is -1.68. The van der Waals surface area contributed by atoms with Gasteiger partial charge in [-0.3, -0.25) is 9.48 Å². The fourth-order valence-corrected chi connectivity index (χ4v) is 1.62. The maximum absolute atomic E-state index is 10.9. The van der Waals surface area contributed by atoms with Crippen molar-refractivity contribution >= 4 is 17.2 Å². The Bertz CT molecular complexity index is 476. The van der Waals surface area contributed by atoms with Gasteiger partial charge in [0, 0.05) is 18.5 Å². The van der Waals surface area contributed by atoms with Crippen molar-refractivity contribution in [2.24, 2.45) is 0 Å². The van der Waals surface area contributed by atoms with Crippen LogP contribution in [0.2, 0.25) is 0 Å². The molecular formula is C11H12N2O2. The number of carbonyl (C=O) groups excluding carboxylic acids is 1. The van der Waals surface area contributed by atoms with Crippen LogP contribution in [0.1, 0.15) is 16.9 Å². The van der Waals surface area contributed by atoms with Gasteiger partial charge in [0.2, 0.25) is 0 Å². The fourth-order valence-electron chi connectivity index (χ4n) is 1.62. The van der Waals surface area contributed by atoms with Gasteiger partial charge in [-0.05, 0) is 12.5 Å². The predicted octanol–water partition coefficient (Wildman–Crippen LogP) is 1.23. The predicted molar refractivity (Wildman–Crippen MR) is 56.8 cm³/mol. The maximum atomic E-state index is 10.9. The lowest BCUT2D eigenvalue weighted by Gasteiger charge is -2.00. The Morgan fingerprint density at radius 2 is 2.20 bits per heavy atom. The average Bonchev–Trinajstić information content (AvgIpc) is 2.63. The summed E-state index contributed by atoms with van der Waals surface area (Å²) in [5.74, 6) is 0. The first kappa shape index (κ1) is 9.86. The molecule has 0 amide bonds. The topological polar surface area (TPSA) is 55.1 Å². The summed E-state index contributed by atoms with van der Waals surface area (Å²) in [6.45, 7) is 0.674. The van der Waals surface area contributed by atoms with Gasteiger partial charge in [0.05, 0.1) is 5.52 Å². The molecular weight excluding hydrogens is 192 g/mol. The standard InChI is InChI=1S/C11H12N2O2/c14-7-3-6-13-11(8-15)9-4-1-2-5-10(9)12-13/h1-2,4-5,8,14H,3,6-7H2. The van der Waals surface area contributed by atoms with E-state index in [0.29, 0.717) is 18.7 Å². The second-order valence-electron chi connectivity index (χ2n) is 3.32. The van der Waals surface area contributed by atoms with E-state index in [0.717, 1.165) is 17.2 Å². The van der Waals surface area contributed by atoms with Crippen molar-refractivity contribution in [1.82, 2.24) is 9.78 Å². The highest BCUT2D eigenvalue weighted by atomic mass is 16.3. The number of nitrogens with zero attached hydrogens (tertiary/aromatic N) is 2. The van der Waals surface area contributed by atoms with Crippen LogP contribution in [0.15, 0.2) is 24.3 Å². The molecule has 4 heteroatoms. The summed E-state index contributed by atoms with van der Waals surface area (Å²) >= 11 is 0. The van der Waals surface area contributed by atoms with Crippen LogP contribution in [-0.2, 0) is 6.54 Å². The van der Waals surface area contributed by atoms with Crippen molar-refractivity contribution in [1.29, 1.82) is 0 Å². The summed E-state index contributed by atoms with van der Waals surface area (Å²) < 4.78 is 1.65. The molecule has 2 aromatic rings. The van der Waals surface area contributed by atoms with E-state index in [-0.39, 0.29) is 6.61 Å². The number of benzene rings is 1. The molecule has 1 aromatic carbocycles. The summed E-state index contributed by atoms with van der Waals surface area (Å²) in [5.41, 5.74) is 1.40. The molecule has 0 aliphatic rings. The average molecular weight is 204 g/mol. The van der Waals surface area contributed by atoms with E-state index in [1.807, 2.05) is 24.3 Å². The number of carbonyl (C=O) groups is 1. The molecule has 15 heavy (non-hydrogen) atoms. The quantitative estimate of drug-likeness (QED) is 0.762. The Balaban J connectivity index is 2.49. The number of aliphatic hydroxyl groups is 1. The van der Waals surface area contributed by atoms with Crippen LogP contribution in [0.3, 0.4) is 0 Å². The van der Waals surface area contributed by atoms with E-state index < -0.39 is 0 Å². The first-order valence-corrected chi connectivity index (χ1v) is 4.88. The SMILES string of the molecule is O=Cc1c2ccccc2nn1CCCO. The maximum Gasteiger partial charge on any atom is 0.168 e. The molecule has 0 fully saturated rings. The van der Waals surface area contributed by atoms with E-state index in [2.05, 4.69) is 5.10 Å². The lowest BCUT2D eigenvalue weighted by Crippen LogP contribution is -2.05. The molecule has 0 spiro atoms. The van der Waals surface area contributed by atoms with E-state index in [1.54, 1.807) is 4.68 Å². The molecule has 2 rings (SSSR count). The summed E-state index contributed by atoms with van der Waals surface area (Å²) in [6, 6.07) is 7.52. The first-order chi connectivity index (χ1) is 7.36. The van der Waals surface area contributed by atoms with Crippen LogP contribution < -0.4 is 0 Å². The molecule has 0 aliphatic heterocycles. The van der Waals surface area contributed by atoms with Gasteiger partial charge in [-0.2, -0.15) is 5.10 Å². The third-order valence-corrected chi connectivity index (χ3v) is 2.33. The van der Waals surface area contributed by atoms with Crippen LogP contribution in [0, 0.1) is 0 Å². The van der Waals surface area contributed by atoms with Crippen molar-refractivity contribution < 1.29 is 9.90 Å². The summed E-state index contributed by atoms with van der Waals surface area (Å²) in [4.78, 5) is 10.9. The van der Waals surface area contributed by atoms with Gasteiger partial charge in [-0.15, -0.1) is 0 Å². The van der Waals surface area contributed by atoms with Gasteiger partial charge < -0.3 is 5.11 Å². The third-order valence-electron chi connectivity index (χ3n) is 2.33. The molecule has 1 heterocycles. The number of rotatable bonds is 4. The van der Waals surface area contributed by atoms with Crippen molar-refractivity contribution in [2.75, 3.05) is 6.61 Å². The second kappa shape index (κ2) is 4.23. The Kier molecular flexibility index (Phi) is 2.78.